The van der Waals surface area contributed by atoms with Crippen molar-refractivity contribution in [2.24, 2.45) is 0 Å². The largest absolute Gasteiger partial charge is 0.439 e. The van der Waals surface area contributed by atoms with Crippen LogP contribution in [0.2, 0.25) is 0 Å². The van der Waals surface area contributed by atoms with E-state index in [1.807, 2.05) is 13.0 Å². The van der Waals surface area contributed by atoms with Crippen LogP contribution in [0.3, 0.4) is 0 Å². The van der Waals surface area contributed by atoms with Crippen molar-refractivity contribution in [1.82, 2.24) is 19.9 Å². The zero-order chi connectivity index (χ0) is 18.1. The first kappa shape index (κ1) is 16.7. The summed E-state index contributed by atoms with van der Waals surface area (Å²) in [7, 11) is 0. The highest BCUT2D eigenvalue weighted by Gasteiger charge is 2.21. The van der Waals surface area contributed by atoms with Gasteiger partial charge in [0.2, 0.25) is 5.89 Å². The van der Waals surface area contributed by atoms with Gasteiger partial charge in [-0.25, -0.2) is 15.0 Å². The van der Waals surface area contributed by atoms with Crippen molar-refractivity contribution in [1.29, 1.82) is 0 Å². The SMILES string of the molecule is Cc1ncnc(N2CCN(Cc3nc4ccc(C=O)cc4o3)CC2)c1C. The van der Waals surface area contributed by atoms with Crippen molar-refractivity contribution in [2.45, 2.75) is 20.4 Å². The molecule has 0 atom stereocenters. The van der Waals surface area contributed by atoms with Gasteiger partial charge in [-0.15, -0.1) is 0 Å². The highest BCUT2D eigenvalue weighted by Crippen LogP contribution is 2.21. The second kappa shape index (κ2) is 6.84. The molecular weight excluding hydrogens is 330 g/mol. The molecule has 3 heterocycles. The molecule has 1 aliphatic rings. The Hall–Kier alpha value is -2.80. The lowest BCUT2D eigenvalue weighted by molar-refractivity contribution is 0.112. The third-order valence-electron chi connectivity index (χ3n) is 4.93. The number of aryl methyl sites for hydroxylation is 1. The lowest BCUT2D eigenvalue weighted by Gasteiger charge is -2.35. The van der Waals surface area contributed by atoms with E-state index in [-0.39, 0.29) is 0 Å². The number of rotatable bonds is 4. The molecule has 7 nitrogen and oxygen atoms in total. The number of hydrogen-bond acceptors (Lipinski definition) is 7. The van der Waals surface area contributed by atoms with Crippen molar-refractivity contribution in [2.75, 3.05) is 31.1 Å². The molecule has 0 unspecified atom stereocenters. The van der Waals surface area contributed by atoms with Crippen LogP contribution in [0.15, 0.2) is 28.9 Å². The van der Waals surface area contributed by atoms with E-state index in [2.05, 4.69) is 31.7 Å². The fourth-order valence-electron chi connectivity index (χ4n) is 3.28. The first-order valence-corrected chi connectivity index (χ1v) is 8.74. The number of nitrogens with zero attached hydrogens (tertiary/aromatic N) is 5. The molecular formula is C19H21N5O2. The van der Waals surface area contributed by atoms with E-state index in [0.29, 0.717) is 23.6 Å². The summed E-state index contributed by atoms with van der Waals surface area (Å²) < 4.78 is 5.81. The minimum absolute atomic E-state index is 0.601. The molecule has 4 rings (SSSR count). The van der Waals surface area contributed by atoms with Gasteiger partial charge in [-0.05, 0) is 32.0 Å². The lowest BCUT2D eigenvalue weighted by atomic mass is 10.2. The van der Waals surface area contributed by atoms with Gasteiger partial charge >= 0.3 is 0 Å². The maximum Gasteiger partial charge on any atom is 0.209 e. The average molecular weight is 351 g/mol. The Morgan fingerprint density at radius 2 is 1.96 bits per heavy atom. The molecule has 1 saturated heterocycles. The fraction of sp³-hybridized carbons (Fsp3) is 0.368. The minimum Gasteiger partial charge on any atom is -0.439 e. The number of fused-ring (bicyclic) bond motifs is 1. The van der Waals surface area contributed by atoms with Crippen molar-refractivity contribution >= 4 is 23.2 Å². The van der Waals surface area contributed by atoms with E-state index in [1.54, 1.807) is 18.5 Å². The third kappa shape index (κ3) is 3.17. The summed E-state index contributed by atoms with van der Waals surface area (Å²) in [6.07, 6.45) is 2.45. The number of aromatic nitrogens is 3. The number of carbonyl (C=O) groups excluding carboxylic acids is 1. The first-order valence-electron chi connectivity index (χ1n) is 8.74. The van der Waals surface area contributed by atoms with Gasteiger partial charge in [0.1, 0.15) is 23.9 Å². The van der Waals surface area contributed by atoms with E-state index in [0.717, 1.165) is 55.1 Å². The Labute approximate surface area is 151 Å². The lowest BCUT2D eigenvalue weighted by Crippen LogP contribution is -2.46. The van der Waals surface area contributed by atoms with Gasteiger partial charge < -0.3 is 9.32 Å². The van der Waals surface area contributed by atoms with Crippen molar-refractivity contribution in [3.63, 3.8) is 0 Å². The second-order valence-electron chi connectivity index (χ2n) is 6.62. The molecule has 1 fully saturated rings. The van der Waals surface area contributed by atoms with Gasteiger partial charge in [-0.3, -0.25) is 9.69 Å². The average Bonchev–Trinajstić information content (AvgIpc) is 3.06. The smallest absolute Gasteiger partial charge is 0.209 e. The van der Waals surface area contributed by atoms with E-state index in [4.69, 9.17) is 4.42 Å². The van der Waals surface area contributed by atoms with Crippen LogP contribution in [-0.4, -0.2) is 52.3 Å². The van der Waals surface area contributed by atoms with Crippen LogP contribution < -0.4 is 4.90 Å². The van der Waals surface area contributed by atoms with Gasteiger partial charge in [0.15, 0.2) is 5.58 Å². The van der Waals surface area contributed by atoms with Crippen LogP contribution in [0.1, 0.15) is 27.5 Å². The summed E-state index contributed by atoms with van der Waals surface area (Å²) in [5, 5.41) is 0. The first-order chi connectivity index (χ1) is 12.6. The maximum atomic E-state index is 10.9. The van der Waals surface area contributed by atoms with Crippen LogP contribution in [0.4, 0.5) is 5.82 Å². The van der Waals surface area contributed by atoms with Crippen molar-refractivity contribution < 1.29 is 9.21 Å². The molecule has 0 amide bonds. The minimum atomic E-state index is 0.601. The number of hydrogen-bond donors (Lipinski definition) is 0. The summed E-state index contributed by atoms with van der Waals surface area (Å²) in [6, 6.07) is 5.31. The molecule has 0 bridgehead atoms. The van der Waals surface area contributed by atoms with E-state index in [1.165, 1.54) is 0 Å². The van der Waals surface area contributed by atoms with Gasteiger partial charge in [0.25, 0.3) is 0 Å². The van der Waals surface area contributed by atoms with E-state index < -0.39 is 0 Å². The molecule has 26 heavy (non-hydrogen) atoms. The van der Waals surface area contributed by atoms with Crippen LogP contribution in [0.25, 0.3) is 11.1 Å². The molecule has 0 spiro atoms. The summed E-state index contributed by atoms with van der Waals surface area (Å²) in [5.41, 5.74) is 4.22. The molecule has 1 aromatic carbocycles. The second-order valence-corrected chi connectivity index (χ2v) is 6.62. The predicted octanol–water partition coefficient (Wildman–Crippen LogP) is 2.37. The number of aldehydes is 1. The molecule has 3 aromatic rings. The normalized spacial score (nSPS) is 15.5. The standard InChI is InChI=1S/C19H21N5O2/c1-13-14(2)20-12-21-19(13)24-7-5-23(6-8-24)10-18-22-16-4-3-15(11-25)9-17(16)26-18/h3-4,9,11-12H,5-8,10H2,1-2H3. The highest BCUT2D eigenvalue weighted by molar-refractivity contribution is 5.83. The van der Waals surface area contributed by atoms with Gasteiger partial charge in [0.05, 0.1) is 6.54 Å². The molecule has 2 aromatic heterocycles. The number of anilines is 1. The number of oxazole rings is 1. The maximum absolute atomic E-state index is 10.9. The summed E-state index contributed by atoms with van der Waals surface area (Å²) >= 11 is 0. The Balaban J connectivity index is 1.42. The fourth-order valence-corrected chi connectivity index (χ4v) is 3.28. The van der Waals surface area contributed by atoms with Crippen LogP contribution in [-0.2, 0) is 6.54 Å². The van der Waals surface area contributed by atoms with Crippen molar-refractivity contribution in [3.05, 3.63) is 47.2 Å². The number of carbonyl (C=O) groups is 1. The Morgan fingerprint density at radius 3 is 2.73 bits per heavy atom. The monoisotopic (exact) mass is 351 g/mol. The molecule has 0 N–H and O–H groups in total. The van der Waals surface area contributed by atoms with E-state index in [9.17, 15) is 4.79 Å². The van der Waals surface area contributed by atoms with Gasteiger partial charge in [-0.2, -0.15) is 0 Å². The van der Waals surface area contributed by atoms with Crippen LogP contribution in [0, 0.1) is 13.8 Å². The summed E-state index contributed by atoms with van der Waals surface area (Å²) in [5.74, 6) is 1.71. The Morgan fingerprint density at radius 1 is 1.15 bits per heavy atom. The quantitative estimate of drug-likeness (QED) is 0.668. The zero-order valence-electron chi connectivity index (χ0n) is 15.0. The molecule has 1 aliphatic heterocycles. The molecule has 0 radical (unpaired) electrons. The summed E-state index contributed by atoms with van der Waals surface area (Å²) in [4.78, 5) is 28.7. The Bertz CT molecular complexity index is 944. The molecule has 0 aliphatic carbocycles. The van der Waals surface area contributed by atoms with Gasteiger partial charge in [0, 0.05) is 43.0 Å². The topological polar surface area (TPSA) is 75.4 Å². The van der Waals surface area contributed by atoms with Crippen LogP contribution >= 0.6 is 0 Å². The Kier molecular flexibility index (Phi) is 4.38. The highest BCUT2D eigenvalue weighted by atomic mass is 16.3. The summed E-state index contributed by atoms with van der Waals surface area (Å²) in [6.45, 7) is 8.41. The van der Waals surface area contributed by atoms with Gasteiger partial charge in [-0.1, -0.05) is 0 Å². The molecule has 134 valence electrons. The number of piperazine rings is 1. The number of benzene rings is 1. The van der Waals surface area contributed by atoms with E-state index >= 15 is 0 Å². The zero-order valence-corrected chi connectivity index (χ0v) is 15.0. The third-order valence-corrected chi connectivity index (χ3v) is 4.93. The predicted molar refractivity (Wildman–Crippen MR) is 98.4 cm³/mol. The molecule has 7 heteroatoms. The molecule has 0 saturated carbocycles. The van der Waals surface area contributed by atoms with Crippen LogP contribution in [0.5, 0.6) is 0 Å². The van der Waals surface area contributed by atoms with Crippen molar-refractivity contribution in [3.8, 4) is 0 Å².